The molecule has 2 heterocycles. The van der Waals surface area contributed by atoms with Gasteiger partial charge in [0.1, 0.15) is 11.6 Å². The first-order chi connectivity index (χ1) is 19.9. The average Bonchev–Trinajstić information content (AvgIpc) is 3.58. The second-order valence-electron chi connectivity index (χ2n) is 10.0. The number of ether oxygens (including phenoxy) is 3. The van der Waals surface area contributed by atoms with Crippen molar-refractivity contribution in [3.8, 4) is 17.2 Å². The molecule has 0 amide bonds. The largest absolute Gasteiger partial charge is 0.497 e. The molecule has 0 aliphatic carbocycles. The lowest BCUT2D eigenvalue weighted by molar-refractivity contribution is 0.174. The molecule has 4 aromatic carbocycles. The number of anilines is 1. The molecule has 6 rings (SSSR count). The molecule has 2 aliphatic rings. The van der Waals surface area contributed by atoms with Crippen LogP contribution >= 0.6 is 0 Å². The number of aryl methyl sites for hydroxylation is 1. The van der Waals surface area contributed by atoms with Crippen molar-refractivity contribution >= 4 is 15.7 Å². The number of methoxy groups -OCH3 is 1. The Morgan fingerprint density at radius 3 is 2.41 bits per heavy atom. The molecule has 41 heavy (non-hydrogen) atoms. The van der Waals surface area contributed by atoms with E-state index < -0.39 is 10.0 Å². The van der Waals surface area contributed by atoms with E-state index in [-0.39, 0.29) is 11.7 Å². The maximum absolute atomic E-state index is 13.7. The Hall–Kier alpha value is -4.63. The molecule has 1 N–H and O–H groups in total. The van der Waals surface area contributed by atoms with Crippen molar-refractivity contribution in [3.63, 3.8) is 0 Å². The molecule has 0 aromatic heterocycles. The van der Waals surface area contributed by atoms with Crippen LogP contribution in [-0.2, 0) is 23.0 Å². The van der Waals surface area contributed by atoms with Crippen molar-refractivity contribution in [1.29, 1.82) is 0 Å². The minimum absolute atomic E-state index is 0.188. The molecule has 0 radical (unpaired) electrons. The van der Waals surface area contributed by atoms with Gasteiger partial charge in [-0.25, -0.2) is 8.42 Å². The van der Waals surface area contributed by atoms with Crippen LogP contribution in [0.4, 0.5) is 5.69 Å². The highest BCUT2D eigenvalue weighted by Gasteiger charge is 2.33. The summed E-state index contributed by atoms with van der Waals surface area (Å²) in [6.45, 7) is 3.04. The van der Waals surface area contributed by atoms with Crippen molar-refractivity contribution in [1.82, 2.24) is 9.62 Å². The van der Waals surface area contributed by atoms with E-state index in [4.69, 9.17) is 14.2 Å². The van der Waals surface area contributed by atoms with Gasteiger partial charge in [0.15, 0.2) is 11.5 Å². The highest BCUT2D eigenvalue weighted by molar-refractivity contribution is 7.89. The van der Waals surface area contributed by atoms with Gasteiger partial charge in [-0.05, 0) is 66.6 Å². The van der Waals surface area contributed by atoms with Crippen LogP contribution in [-0.4, -0.2) is 33.9 Å². The van der Waals surface area contributed by atoms with Gasteiger partial charge in [-0.2, -0.15) is 0 Å². The minimum Gasteiger partial charge on any atom is -0.497 e. The van der Waals surface area contributed by atoms with E-state index in [0.29, 0.717) is 37.0 Å². The average molecular weight is 570 g/mol. The van der Waals surface area contributed by atoms with Crippen molar-refractivity contribution in [2.45, 2.75) is 24.8 Å². The van der Waals surface area contributed by atoms with Crippen molar-refractivity contribution in [3.05, 3.63) is 125 Å². The van der Waals surface area contributed by atoms with Crippen LogP contribution in [0.3, 0.4) is 0 Å². The normalized spacial score (nSPS) is 14.5. The molecule has 8 nitrogen and oxygen atoms in total. The molecule has 210 valence electrons. The number of sulfonamides is 1. The fourth-order valence-corrected chi connectivity index (χ4v) is 6.17. The fraction of sp³-hybridized carbons (Fsp3) is 0.188. The van der Waals surface area contributed by atoms with Gasteiger partial charge in [-0.3, -0.25) is 4.72 Å². The molecule has 0 bridgehead atoms. The van der Waals surface area contributed by atoms with Gasteiger partial charge in [0.05, 0.1) is 24.4 Å². The third-order valence-corrected chi connectivity index (χ3v) is 8.53. The van der Waals surface area contributed by atoms with Crippen LogP contribution in [0.5, 0.6) is 17.2 Å². The zero-order valence-electron chi connectivity index (χ0n) is 22.9. The number of nitrogens with one attached hydrogen (secondary N) is 1. The molecule has 0 fully saturated rings. The van der Waals surface area contributed by atoms with E-state index in [2.05, 4.69) is 14.5 Å². The second-order valence-corrected chi connectivity index (χ2v) is 11.7. The van der Waals surface area contributed by atoms with Gasteiger partial charge in [-0.15, -0.1) is 0 Å². The summed E-state index contributed by atoms with van der Waals surface area (Å²) in [5, 5.41) is 0. The summed E-state index contributed by atoms with van der Waals surface area (Å²) in [6, 6.07) is 30.5. The topological polar surface area (TPSA) is 80.3 Å². The SMILES string of the molecule is COc1cccc(CN2CN(c3ccccc3)C(Cc3ccc4c(c3)OCO4)=C2NS(=O)(=O)c2ccc(C)cc2)c1. The van der Waals surface area contributed by atoms with Crippen molar-refractivity contribution in [2.24, 2.45) is 0 Å². The molecular weight excluding hydrogens is 538 g/mol. The lowest BCUT2D eigenvalue weighted by atomic mass is 10.1. The number of allylic oxidation sites excluding steroid dienone is 1. The van der Waals surface area contributed by atoms with Gasteiger partial charge in [0, 0.05) is 18.7 Å². The maximum Gasteiger partial charge on any atom is 0.263 e. The van der Waals surface area contributed by atoms with Gasteiger partial charge in [0.2, 0.25) is 6.79 Å². The molecule has 4 aromatic rings. The number of rotatable bonds is 9. The summed E-state index contributed by atoms with van der Waals surface area (Å²) in [6.07, 6.45) is 0.464. The number of benzene rings is 4. The number of para-hydroxylation sites is 1. The summed E-state index contributed by atoms with van der Waals surface area (Å²) in [7, 11) is -2.25. The Morgan fingerprint density at radius 1 is 0.854 bits per heavy atom. The Bertz CT molecular complexity index is 1690. The Morgan fingerprint density at radius 2 is 1.63 bits per heavy atom. The summed E-state index contributed by atoms with van der Waals surface area (Å²) in [5.74, 6) is 2.65. The molecule has 0 unspecified atom stereocenters. The molecule has 9 heteroatoms. The van der Waals surface area contributed by atoms with E-state index in [0.717, 1.165) is 33.8 Å². The first-order valence-electron chi connectivity index (χ1n) is 13.3. The predicted molar refractivity (Wildman–Crippen MR) is 157 cm³/mol. The maximum atomic E-state index is 13.7. The molecular formula is C32H31N3O5S. The van der Waals surface area contributed by atoms with Crippen LogP contribution in [0.1, 0.15) is 16.7 Å². The minimum atomic E-state index is -3.88. The zero-order chi connectivity index (χ0) is 28.4. The van der Waals surface area contributed by atoms with E-state index >= 15 is 0 Å². The van der Waals surface area contributed by atoms with Crippen LogP contribution in [0.2, 0.25) is 0 Å². The number of hydrogen-bond donors (Lipinski definition) is 1. The van der Waals surface area contributed by atoms with Crippen LogP contribution in [0.25, 0.3) is 0 Å². The van der Waals surface area contributed by atoms with E-state index in [1.165, 1.54) is 0 Å². The lowest BCUT2D eigenvalue weighted by Crippen LogP contribution is -2.34. The van der Waals surface area contributed by atoms with Gasteiger partial charge in [0.25, 0.3) is 10.0 Å². The zero-order valence-corrected chi connectivity index (χ0v) is 23.7. The van der Waals surface area contributed by atoms with E-state index in [1.807, 2.05) is 79.7 Å². The van der Waals surface area contributed by atoms with Gasteiger partial charge < -0.3 is 24.0 Å². The number of fused-ring (bicyclic) bond motifs is 1. The number of nitrogens with zero attached hydrogens (tertiary/aromatic N) is 2. The first kappa shape index (κ1) is 26.6. The van der Waals surface area contributed by atoms with Crippen molar-refractivity contribution in [2.75, 3.05) is 25.5 Å². The molecule has 0 spiro atoms. The first-order valence-corrected chi connectivity index (χ1v) is 14.8. The van der Waals surface area contributed by atoms with Crippen LogP contribution in [0.15, 0.2) is 113 Å². The molecule has 0 saturated heterocycles. The predicted octanol–water partition coefficient (Wildman–Crippen LogP) is 5.40. The summed E-state index contributed by atoms with van der Waals surface area (Å²) < 4.78 is 47.0. The Balaban J connectivity index is 1.45. The van der Waals surface area contributed by atoms with Gasteiger partial charge in [-0.1, -0.05) is 54.1 Å². The molecule has 0 atom stereocenters. The highest BCUT2D eigenvalue weighted by atomic mass is 32.2. The standard InChI is InChI=1S/C32H31N3O5S/c1-23-11-14-28(15-12-23)41(36,37)33-32-29(18-24-13-16-30-31(19-24)40-22-39-30)35(26-8-4-3-5-9-26)21-34(32)20-25-7-6-10-27(17-25)38-2/h3-17,19,33H,18,20-22H2,1-2H3. The Kier molecular flexibility index (Phi) is 7.19. The van der Waals surface area contributed by atoms with E-state index in [1.54, 1.807) is 31.4 Å². The second kappa shape index (κ2) is 11.1. The Labute approximate surface area is 240 Å². The summed E-state index contributed by atoms with van der Waals surface area (Å²) in [5.41, 5.74) is 4.74. The number of hydrogen-bond acceptors (Lipinski definition) is 7. The smallest absolute Gasteiger partial charge is 0.263 e. The lowest BCUT2D eigenvalue weighted by Gasteiger charge is -2.25. The summed E-state index contributed by atoms with van der Waals surface area (Å²) in [4.78, 5) is 4.41. The third-order valence-electron chi connectivity index (χ3n) is 7.17. The molecule has 0 saturated carbocycles. The van der Waals surface area contributed by atoms with E-state index in [9.17, 15) is 8.42 Å². The van der Waals surface area contributed by atoms with Crippen LogP contribution in [0, 0.1) is 6.92 Å². The quantitative estimate of drug-likeness (QED) is 0.289. The highest BCUT2D eigenvalue weighted by Crippen LogP contribution is 2.36. The van der Waals surface area contributed by atoms with Crippen LogP contribution < -0.4 is 23.8 Å². The van der Waals surface area contributed by atoms with Crippen molar-refractivity contribution < 1.29 is 22.6 Å². The third kappa shape index (κ3) is 5.67. The summed E-state index contributed by atoms with van der Waals surface area (Å²) >= 11 is 0. The molecule has 2 aliphatic heterocycles. The monoisotopic (exact) mass is 569 g/mol. The van der Waals surface area contributed by atoms with Gasteiger partial charge >= 0.3 is 0 Å². The fourth-order valence-electron chi connectivity index (χ4n) is 5.05.